The van der Waals surface area contributed by atoms with Crippen molar-refractivity contribution in [3.8, 4) is 16.9 Å². The van der Waals surface area contributed by atoms with E-state index in [-0.39, 0.29) is 0 Å². The summed E-state index contributed by atoms with van der Waals surface area (Å²) in [5, 5.41) is 0. The maximum absolute atomic E-state index is 11.6. The van der Waals surface area contributed by atoms with E-state index >= 15 is 0 Å². The molecule has 0 saturated carbocycles. The molecule has 4 nitrogen and oxygen atoms in total. The lowest BCUT2D eigenvalue weighted by Crippen LogP contribution is -2.17. The Morgan fingerprint density at radius 3 is 2.30 bits per heavy atom. The molecule has 0 bridgehead atoms. The molecule has 0 aliphatic rings. The Hall–Kier alpha value is -2.62. The summed E-state index contributed by atoms with van der Waals surface area (Å²) >= 11 is 0. The largest absolute Gasteiger partial charge is 0.454 e. The molecule has 0 unspecified atom stereocenters. The van der Waals surface area contributed by atoms with Crippen LogP contribution in [0.4, 0.5) is 0 Å². The molecule has 0 atom stereocenters. The number of benzene rings is 2. The number of esters is 2. The Morgan fingerprint density at radius 1 is 0.950 bits per heavy atom. The molecule has 0 N–H and O–H groups in total. The predicted octanol–water partition coefficient (Wildman–Crippen LogP) is 2.82. The molecule has 2 rings (SSSR count). The second-order valence-electron chi connectivity index (χ2n) is 4.12. The van der Waals surface area contributed by atoms with Crippen LogP contribution in [0.3, 0.4) is 0 Å². The number of ether oxygens (including phenoxy) is 2. The third-order valence-corrected chi connectivity index (χ3v) is 2.59. The van der Waals surface area contributed by atoms with E-state index < -0.39 is 18.5 Å². The van der Waals surface area contributed by atoms with Gasteiger partial charge in [-0.3, -0.25) is 4.79 Å². The number of para-hydroxylation sites is 1. The lowest BCUT2D eigenvalue weighted by atomic mass is 10.1. The monoisotopic (exact) mass is 270 g/mol. The lowest BCUT2D eigenvalue weighted by molar-refractivity contribution is -0.152. The average Bonchev–Trinajstić information content (AvgIpc) is 2.47. The van der Waals surface area contributed by atoms with Crippen molar-refractivity contribution >= 4 is 11.9 Å². The van der Waals surface area contributed by atoms with Crippen LogP contribution in [0.1, 0.15) is 6.92 Å². The molecule has 0 fully saturated rings. The van der Waals surface area contributed by atoms with Gasteiger partial charge in [0.2, 0.25) is 0 Å². The second-order valence-corrected chi connectivity index (χ2v) is 4.12. The highest BCUT2D eigenvalue weighted by molar-refractivity contribution is 5.80. The minimum absolute atomic E-state index is 0.390. The number of hydrogen-bond acceptors (Lipinski definition) is 4. The van der Waals surface area contributed by atoms with Gasteiger partial charge in [0.05, 0.1) is 0 Å². The van der Waals surface area contributed by atoms with Crippen LogP contribution in [0.25, 0.3) is 11.1 Å². The van der Waals surface area contributed by atoms with E-state index in [2.05, 4.69) is 4.74 Å². The topological polar surface area (TPSA) is 52.6 Å². The SMILES string of the molecule is CC(=O)OCC(=O)Oc1ccccc1-c1ccccc1. The Balaban J connectivity index is 2.17. The highest BCUT2D eigenvalue weighted by Gasteiger charge is 2.11. The van der Waals surface area contributed by atoms with Crippen molar-refractivity contribution in [2.24, 2.45) is 0 Å². The molecule has 0 aliphatic heterocycles. The lowest BCUT2D eigenvalue weighted by Gasteiger charge is -2.10. The number of carbonyl (C=O) groups is 2. The van der Waals surface area contributed by atoms with Crippen molar-refractivity contribution in [3.63, 3.8) is 0 Å². The van der Waals surface area contributed by atoms with E-state index in [9.17, 15) is 9.59 Å². The zero-order chi connectivity index (χ0) is 14.4. The molecule has 0 radical (unpaired) electrons. The van der Waals surface area contributed by atoms with Crippen LogP contribution < -0.4 is 4.74 Å². The molecule has 20 heavy (non-hydrogen) atoms. The molecule has 102 valence electrons. The van der Waals surface area contributed by atoms with Gasteiger partial charge >= 0.3 is 11.9 Å². The summed E-state index contributed by atoms with van der Waals surface area (Å²) in [6.07, 6.45) is 0. The number of carbonyl (C=O) groups excluding carboxylic acids is 2. The summed E-state index contributed by atoms with van der Waals surface area (Å²) in [5.41, 5.74) is 1.76. The van der Waals surface area contributed by atoms with Gasteiger partial charge in [-0.1, -0.05) is 48.5 Å². The molecule has 2 aromatic rings. The minimum atomic E-state index is -0.608. The van der Waals surface area contributed by atoms with E-state index in [1.54, 1.807) is 12.1 Å². The van der Waals surface area contributed by atoms with Crippen LogP contribution >= 0.6 is 0 Å². The summed E-state index contributed by atoms with van der Waals surface area (Å²) in [7, 11) is 0. The summed E-state index contributed by atoms with van der Waals surface area (Å²) < 4.78 is 9.84. The third kappa shape index (κ3) is 3.68. The zero-order valence-corrected chi connectivity index (χ0v) is 11.0. The third-order valence-electron chi connectivity index (χ3n) is 2.59. The molecule has 0 heterocycles. The fourth-order valence-electron chi connectivity index (χ4n) is 1.72. The van der Waals surface area contributed by atoms with Gasteiger partial charge in [-0.2, -0.15) is 0 Å². The fourth-order valence-corrected chi connectivity index (χ4v) is 1.72. The quantitative estimate of drug-likeness (QED) is 0.633. The zero-order valence-electron chi connectivity index (χ0n) is 11.0. The molecular weight excluding hydrogens is 256 g/mol. The average molecular weight is 270 g/mol. The highest BCUT2D eigenvalue weighted by Crippen LogP contribution is 2.29. The van der Waals surface area contributed by atoms with Crippen molar-refractivity contribution in [2.45, 2.75) is 6.92 Å². The first-order valence-corrected chi connectivity index (χ1v) is 6.15. The van der Waals surface area contributed by atoms with Crippen molar-refractivity contribution in [1.29, 1.82) is 0 Å². The second kappa shape index (κ2) is 6.52. The van der Waals surface area contributed by atoms with E-state index in [1.807, 2.05) is 42.5 Å². The van der Waals surface area contributed by atoms with Crippen molar-refractivity contribution in [1.82, 2.24) is 0 Å². The van der Waals surface area contributed by atoms with Gasteiger partial charge in [0.25, 0.3) is 0 Å². The summed E-state index contributed by atoms with van der Waals surface area (Å²) in [4.78, 5) is 22.3. The van der Waals surface area contributed by atoms with Crippen LogP contribution in [0.2, 0.25) is 0 Å². The van der Waals surface area contributed by atoms with Gasteiger partial charge in [0.1, 0.15) is 5.75 Å². The van der Waals surface area contributed by atoms with Crippen molar-refractivity contribution in [2.75, 3.05) is 6.61 Å². The molecule has 0 spiro atoms. The smallest absolute Gasteiger partial charge is 0.349 e. The van der Waals surface area contributed by atoms with Gasteiger partial charge in [0, 0.05) is 12.5 Å². The van der Waals surface area contributed by atoms with Crippen LogP contribution in [-0.4, -0.2) is 18.5 Å². The van der Waals surface area contributed by atoms with Gasteiger partial charge in [-0.25, -0.2) is 4.79 Å². The van der Waals surface area contributed by atoms with Crippen LogP contribution in [-0.2, 0) is 14.3 Å². The summed E-state index contributed by atoms with van der Waals surface area (Å²) in [6.45, 7) is 0.851. The molecule has 0 aromatic heterocycles. The van der Waals surface area contributed by atoms with E-state index in [0.717, 1.165) is 11.1 Å². The molecule has 0 amide bonds. The maximum atomic E-state index is 11.6. The Bertz CT molecular complexity index is 605. The van der Waals surface area contributed by atoms with Gasteiger partial charge in [0.15, 0.2) is 6.61 Å². The Kier molecular flexibility index (Phi) is 4.50. The number of rotatable bonds is 4. The van der Waals surface area contributed by atoms with Gasteiger partial charge in [-0.15, -0.1) is 0 Å². The van der Waals surface area contributed by atoms with E-state index in [0.29, 0.717) is 5.75 Å². The van der Waals surface area contributed by atoms with Crippen LogP contribution in [0.15, 0.2) is 54.6 Å². The Morgan fingerprint density at radius 2 is 1.60 bits per heavy atom. The van der Waals surface area contributed by atoms with Crippen molar-refractivity contribution < 1.29 is 19.1 Å². The normalized spacial score (nSPS) is 9.85. The molecule has 0 saturated heterocycles. The first kappa shape index (κ1) is 13.8. The summed E-state index contributed by atoms with van der Waals surface area (Å²) in [5.74, 6) is -0.683. The fraction of sp³-hybridized carbons (Fsp3) is 0.125. The molecule has 0 aliphatic carbocycles. The predicted molar refractivity (Wildman–Crippen MR) is 74.1 cm³/mol. The van der Waals surface area contributed by atoms with Crippen LogP contribution in [0.5, 0.6) is 5.75 Å². The standard InChI is InChI=1S/C16H14O4/c1-12(17)19-11-16(18)20-15-10-6-5-9-14(15)13-7-3-2-4-8-13/h2-10H,11H2,1H3. The Labute approximate surface area is 116 Å². The van der Waals surface area contributed by atoms with E-state index in [1.165, 1.54) is 6.92 Å². The first-order valence-electron chi connectivity index (χ1n) is 6.15. The van der Waals surface area contributed by atoms with Gasteiger partial charge in [-0.05, 0) is 11.6 Å². The molecular formula is C16H14O4. The van der Waals surface area contributed by atoms with E-state index in [4.69, 9.17) is 4.74 Å². The summed E-state index contributed by atoms with van der Waals surface area (Å²) in [6, 6.07) is 16.8. The van der Waals surface area contributed by atoms with Gasteiger partial charge < -0.3 is 9.47 Å². The maximum Gasteiger partial charge on any atom is 0.349 e. The minimum Gasteiger partial charge on any atom is -0.454 e. The first-order chi connectivity index (χ1) is 9.66. The number of hydrogen-bond donors (Lipinski definition) is 0. The highest BCUT2D eigenvalue weighted by atomic mass is 16.6. The van der Waals surface area contributed by atoms with Crippen LogP contribution in [0, 0.1) is 0 Å². The van der Waals surface area contributed by atoms with Crippen molar-refractivity contribution in [3.05, 3.63) is 54.6 Å². The molecule has 4 heteroatoms. The molecule has 2 aromatic carbocycles.